The first-order valence-electron chi connectivity index (χ1n) is 5.91. The molecule has 1 aliphatic rings. The number of methoxy groups -OCH3 is 1. The number of aryl methyl sites for hydroxylation is 1. The summed E-state index contributed by atoms with van der Waals surface area (Å²) in [6.07, 6.45) is 3.50. The van der Waals surface area contributed by atoms with Gasteiger partial charge in [-0.05, 0) is 25.2 Å². The molecule has 3 nitrogen and oxygen atoms in total. The minimum atomic E-state index is 0.114. The Hall–Kier alpha value is -0.450. The number of nitrogens with zero attached hydrogens (tertiary/aromatic N) is 1. The lowest BCUT2D eigenvalue weighted by Crippen LogP contribution is -2.17. The third kappa shape index (κ3) is 2.14. The fourth-order valence-electron chi connectivity index (χ4n) is 2.25. The summed E-state index contributed by atoms with van der Waals surface area (Å²) in [7, 11) is 1.75. The van der Waals surface area contributed by atoms with E-state index in [1.165, 1.54) is 11.3 Å². The molecule has 2 N–H and O–H groups in total. The lowest BCUT2D eigenvalue weighted by atomic mass is 9.98. The zero-order valence-corrected chi connectivity index (χ0v) is 11.0. The van der Waals surface area contributed by atoms with Crippen molar-refractivity contribution in [3.05, 3.63) is 15.6 Å². The average Bonchev–Trinajstić information content (AvgIpc) is 2.63. The molecule has 0 spiro atoms. The maximum absolute atomic E-state index is 6.08. The van der Waals surface area contributed by atoms with Gasteiger partial charge in [-0.15, -0.1) is 11.3 Å². The topological polar surface area (TPSA) is 48.1 Å². The molecule has 4 heteroatoms. The second-order valence-corrected chi connectivity index (χ2v) is 5.87. The van der Waals surface area contributed by atoms with Crippen LogP contribution >= 0.6 is 11.3 Å². The van der Waals surface area contributed by atoms with Gasteiger partial charge in [0.2, 0.25) is 0 Å². The normalized spacial score (nSPS) is 22.2. The van der Waals surface area contributed by atoms with Crippen molar-refractivity contribution in [2.24, 2.45) is 11.7 Å². The molecule has 90 valence electrons. The fraction of sp³-hybridized carbons (Fsp3) is 0.750. The van der Waals surface area contributed by atoms with Crippen LogP contribution in [0.3, 0.4) is 0 Å². The van der Waals surface area contributed by atoms with Crippen molar-refractivity contribution in [2.45, 2.75) is 45.3 Å². The molecular weight excluding hydrogens is 220 g/mol. The monoisotopic (exact) mass is 240 g/mol. The summed E-state index contributed by atoms with van der Waals surface area (Å²) in [4.78, 5) is 6.06. The van der Waals surface area contributed by atoms with Gasteiger partial charge in [-0.3, -0.25) is 0 Å². The molecule has 2 unspecified atom stereocenters. The zero-order valence-electron chi connectivity index (χ0n) is 10.2. The Bertz CT molecular complexity index is 362. The van der Waals surface area contributed by atoms with Crippen molar-refractivity contribution in [1.82, 2.24) is 4.98 Å². The van der Waals surface area contributed by atoms with E-state index in [0.29, 0.717) is 5.92 Å². The van der Waals surface area contributed by atoms with Crippen molar-refractivity contribution in [2.75, 3.05) is 7.11 Å². The minimum absolute atomic E-state index is 0.114. The molecule has 0 saturated heterocycles. The van der Waals surface area contributed by atoms with Crippen molar-refractivity contribution in [1.29, 1.82) is 0 Å². The van der Waals surface area contributed by atoms with Gasteiger partial charge in [-0.25, -0.2) is 4.98 Å². The highest BCUT2D eigenvalue weighted by atomic mass is 32.1. The predicted molar refractivity (Wildman–Crippen MR) is 66.6 cm³/mol. The summed E-state index contributed by atoms with van der Waals surface area (Å²) >= 11 is 1.78. The van der Waals surface area contributed by atoms with Gasteiger partial charge in [0.05, 0.1) is 5.69 Å². The van der Waals surface area contributed by atoms with E-state index in [2.05, 4.69) is 13.8 Å². The summed E-state index contributed by atoms with van der Waals surface area (Å²) in [5.74, 6) is 0.453. The van der Waals surface area contributed by atoms with E-state index in [9.17, 15) is 0 Å². The van der Waals surface area contributed by atoms with Crippen LogP contribution in [-0.4, -0.2) is 12.1 Å². The van der Waals surface area contributed by atoms with Crippen LogP contribution in [0.15, 0.2) is 0 Å². The number of thiazole rings is 1. The Kier molecular flexibility index (Phi) is 3.62. The van der Waals surface area contributed by atoms with Crippen LogP contribution in [0, 0.1) is 5.92 Å². The Morgan fingerprint density at radius 1 is 1.50 bits per heavy atom. The van der Waals surface area contributed by atoms with Crippen molar-refractivity contribution >= 4 is 11.3 Å². The fourth-order valence-corrected chi connectivity index (χ4v) is 3.68. The van der Waals surface area contributed by atoms with Gasteiger partial charge in [0.25, 0.3) is 0 Å². The summed E-state index contributed by atoms with van der Waals surface area (Å²) in [6.45, 7) is 4.32. The minimum Gasteiger partial charge on any atom is -0.374 e. The number of hydrogen-bond acceptors (Lipinski definition) is 4. The number of hydrogen-bond donors (Lipinski definition) is 1. The molecule has 0 fully saturated rings. The molecular formula is C12H20N2OS. The van der Waals surface area contributed by atoms with Crippen LogP contribution in [0.5, 0.6) is 0 Å². The molecule has 0 saturated carbocycles. The average molecular weight is 240 g/mol. The van der Waals surface area contributed by atoms with Gasteiger partial charge >= 0.3 is 0 Å². The SMILES string of the molecule is COC(c1nc2c(s1)CCCC2N)C(C)C. The summed E-state index contributed by atoms with van der Waals surface area (Å²) in [6, 6.07) is 0.137. The molecule has 16 heavy (non-hydrogen) atoms. The molecule has 0 bridgehead atoms. The first kappa shape index (κ1) is 12.0. The molecule has 1 aromatic rings. The standard InChI is InChI=1S/C12H20N2OS/c1-7(2)11(15-3)12-14-10-8(13)5-4-6-9(10)16-12/h7-8,11H,4-6,13H2,1-3H3. The summed E-state index contributed by atoms with van der Waals surface area (Å²) < 4.78 is 5.52. The number of fused-ring (bicyclic) bond motifs is 1. The molecule has 1 aromatic heterocycles. The number of rotatable bonds is 3. The quantitative estimate of drug-likeness (QED) is 0.883. The predicted octanol–water partition coefficient (Wildman–Crippen LogP) is 2.82. The Labute approximate surface area is 101 Å². The number of aromatic nitrogens is 1. The van der Waals surface area contributed by atoms with Gasteiger partial charge in [0, 0.05) is 18.0 Å². The zero-order chi connectivity index (χ0) is 11.7. The van der Waals surface area contributed by atoms with Crippen LogP contribution in [0.4, 0.5) is 0 Å². The third-order valence-electron chi connectivity index (χ3n) is 3.12. The Balaban J connectivity index is 2.29. The molecule has 0 aliphatic heterocycles. The van der Waals surface area contributed by atoms with E-state index in [1.807, 2.05) is 0 Å². The highest BCUT2D eigenvalue weighted by Crippen LogP contribution is 2.36. The van der Waals surface area contributed by atoms with Crippen molar-refractivity contribution in [3.63, 3.8) is 0 Å². The van der Waals surface area contributed by atoms with E-state index >= 15 is 0 Å². The molecule has 2 atom stereocenters. The summed E-state index contributed by atoms with van der Waals surface area (Å²) in [5, 5.41) is 1.10. The second-order valence-electron chi connectivity index (χ2n) is 4.76. The first-order valence-corrected chi connectivity index (χ1v) is 6.73. The van der Waals surface area contributed by atoms with Gasteiger partial charge in [0.1, 0.15) is 11.1 Å². The van der Waals surface area contributed by atoms with E-state index in [4.69, 9.17) is 15.5 Å². The maximum atomic E-state index is 6.08. The number of nitrogens with two attached hydrogens (primary N) is 1. The lowest BCUT2D eigenvalue weighted by molar-refractivity contribution is 0.0643. The van der Waals surface area contributed by atoms with E-state index in [0.717, 1.165) is 23.5 Å². The maximum Gasteiger partial charge on any atom is 0.122 e. The second kappa shape index (κ2) is 4.82. The lowest BCUT2D eigenvalue weighted by Gasteiger charge is -2.16. The Morgan fingerprint density at radius 3 is 2.81 bits per heavy atom. The van der Waals surface area contributed by atoms with Crippen LogP contribution in [0.25, 0.3) is 0 Å². The van der Waals surface area contributed by atoms with Gasteiger partial charge in [-0.2, -0.15) is 0 Å². The smallest absolute Gasteiger partial charge is 0.122 e. The van der Waals surface area contributed by atoms with Gasteiger partial charge < -0.3 is 10.5 Å². The van der Waals surface area contributed by atoms with Crippen LogP contribution in [0.2, 0.25) is 0 Å². The van der Waals surface area contributed by atoms with Crippen molar-refractivity contribution < 1.29 is 4.74 Å². The van der Waals surface area contributed by atoms with Crippen LogP contribution in [-0.2, 0) is 11.2 Å². The van der Waals surface area contributed by atoms with E-state index in [-0.39, 0.29) is 12.1 Å². The highest BCUT2D eigenvalue weighted by molar-refractivity contribution is 7.11. The van der Waals surface area contributed by atoms with E-state index in [1.54, 1.807) is 18.4 Å². The summed E-state index contributed by atoms with van der Waals surface area (Å²) in [5.41, 5.74) is 7.20. The molecule has 0 amide bonds. The molecule has 1 aliphatic carbocycles. The number of ether oxygens (including phenoxy) is 1. The Morgan fingerprint density at radius 2 is 2.25 bits per heavy atom. The molecule has 0 radical (unpaired) electrons. The highest BCUT2D eigenvalue weighted by Gasteiger charge is 2.26. The largest absolute Gasteiger partial charge is 0.374 e. The van der Waals surface area contributed by atoms with Crippen molar-refractivity contribution in [3.8, 4) is 0 Å². The van der Waals surface area contributed by atoms with Crippen LogP contribution < -0.4 is 5.73 Å². The first-order chi connectivity index (χ1) is 7.63. The molecule has 1 heterocycles. The molecule has 2 rings (SSSR count). The van der Waals surface area contributed by atoms with Gasteiger partial charge in [0.15, 0.2) is 0 Å². The van der Waals surface area contributed by atoms with Crippen LogP contribution in [0.1, 0.15) is 54.4 Å². The third-order valence-corrected chi connectivity index (χ3v) is 4.31. The van der Waals surface area contributed by atoms with Gasteiger partial charge in [-0.1, -0.05) is 13.8 Å². The molecule has 0 aromatic carbocycles. The van der Waals surface area contributed by atoms with E-state index < -0.39 is 0 Å².